The smallest absolute Gasteiger partial charge is 0.291 e. The highest BCUT2D eigenvalue weighted by molar-refractivity contribution is 6.29. The number of carbonyl (C=O) groups excluding carboxylic acids is 5. The summed E-state index contributed by atoms with van der Waals surface area (Å²) < 4.78 is 41.0. The Balaban J connectivity index is 1.36. The molecule has 222 valence electrons. The van der Waals surface area contributed by atoms with E-state index in [9.17, 15) is 37.1 Å². The van der Waals surface area contributed by atoms with Crippen molar-refractivity contribution in [3.8, 4) is 0 Å². The molecule has 0 aromatic rings. The summed E-state index contributed by atoms with van der Waals surface area (Å²) in [5, 5.41) is 6.01. The molecular weight excluding hydrogens is 555 g/mol. The SMILES string of the molecule is CC(C)(C)[C@H](NC(=O)[C@@H]1CC1(F)F)C(=O)N1C[C@@H]2CCC[C@@H]2[C@H]1C(=O)NN(C[C@H]1C(=O)N[C@H]2C[C@H]21)C(=O)[C@H](F)Cl. The first-order chi connectivity index (χ1) is 18.6. The zero-order valence-corrected chi connectivity index (χ0v) is 23.3. The van der Waals surface area contributed by atoms with E-state index in [2.05, 4.69) is 16.1 Å². The molecule has 9 atom stereocenters. The Hall–Kier alpha value is -2.57. The highest BCUT2D eigenvalue weighted by Crippen LogP contribution is 2.49. The first-order valence-corrected chi connectivity index (χ1v) is 14.2. The lowest BCUT2D eigenvalue weighted by Gasteiger charge is -2.37. The molecule has 5 fully saturated rings. The summed E-state index contributed by atoms with van der Waals surface area (Å²) in [6.07, 6.45) is 2.38. The van der Waals surface area contributed by atoms with Crippen molar-refractivity contribution in [2.75, 3.05) is 13.1 Å². The molecule has 0 bridgehead atoms. The molecule has 3 N–H and O–H groups in total. The van der Waals surface area contributed by atoms with Gasteiger partial charge >= 0.3 is 0 Å². The van der Waals surface area contributed by atoms with Crippen LogP contribution >= 0.6 is 11.6 Å². The normalized spacial score (nSPS) is 34.7. The number of amides is 5. The molecule has 0 unspecified atom stereocenters. The molecule has 3 saturated carbocycles. The lowest BCUT2D eigenvalue weighted by Crippen LogP contribution is -2.61. The van der Waals surface area contributed by atoms with Gasteiger partial charge in [-0.3, -0.25) is 29.4 Å². The predicted octanol–water partition coefficient (Wildman–Crippen LogP) is 1.33. The number of piperidine rings is 1. The van der Waals surface area contributed by atoms with E-state index in [1.54, 1.807) is 20.8 Å². The molecule has 2 aliphatic heterocycles. The monoisotopic (exact) mass is 589 g/mol. The van der Waals surface area contributed by atoms with E-state index in [1.165, 1.54) is 4.90 Å². The van der Waals surface area contributed by atoms with Gasteiger partial charge in [0.15, 0.2) is 0 Å². The largest absolute Gasteiger partial charge is 0.353 e. The number of nitrogens with one attached hydrogen (secondary N) is 3. The van der Waals surface area contributed by atoms with Crippen LogP contribution in [0.2, 0.25) is 0 Å². The van der Waals surface area contributed by atoms with E-state index in [-0.39, 0.29) is 42.8 Å². The van der Waals surface area contributed by atoms with Gasteiger partial charge in [0.2, 0.25) is 17.7 Å². The third-order valence-electron chi connectivity index (χ3n) is 9.08. The van der Waals surface area contributed by atoms with Gasteiger partial charge in [-0.05, 0) is 42.4 Å². The molecule has 3 aliphatic carbocycles. The van der Waals surface area contributed by atoms with Crippen LogP contribution in [0.4, 0.5) is 13.2 Å². The fraction of sp³-hybridized carbons (Fsp3) is 0.808. The van der Waals surface area contributed by atoms with Crippen LogP contribution in [-0.2, 0) is 24.0 Å². The van der Waals surface area contributed by atoms with E-state index < -0.39 is 70.9 Å². The van der Waals surface area contributed by atoms with Crippen LogP contribution in [0.5, 0.6) is 0 Å². The number of hydrogen-bond acceptors (Lipinski definition) is 5. The summed E-state index contributed by atoms with van der Waals surface area (Å²) in [5.74, 6) is -9.27. The molecule has 5 rings (SSSR count). The number of carbonyl (C=O) groups is 5. The first-order valence-electron chi connectivity index (χ1n) is 13.8. The Morgan fingerprint density at radius 1 is 1.18 bits per heavy atom. The van der Waals surface area contributed by atoms with Crippen LogP contribution in [0.25, 0.3) is 0 Å². The minimum atomic E-state index is -3.11. The summed E-state index contributed by atoms with van der Waals surface area (Å²) in [4.78, 5) is 66.5. The van der Waals surface area contributed by atoms with E-state index in [0.29, 0.717) is 6.42 Å². The zero-order chi connectivity index (χ0) is 29.3. The third-order valence-corrected chi connectivity index (χ3v) is 9.27. The minimum absolute atomic E-state index is 0.00431. The van der Waals surface area contributed by atoms with Crippen molar-refractivity contribution in [2.24, 2.45) is 35.0 Å². The summed E-state index contributed by atoms with van der Waals surface area (Å²) in [6.45, 7) is 5.01. The van der Waals surface area contributed by atoms with Crippen LogP contribution in [0.1, 0.15) is 52.9 Å². The summed E-state index contributed by atoms with van der Waals surface area (Å²) in [5.41, 5.74) is -0.882. The molecule has 2 saturated heterocycles. The molecule has 40 heavy (non-hydrogen) atoms. The summed E-state index contributed by atoms with van der Waals surface area (Å²) in [6, 6.07) is -2.22. The Kier molecular flexibility index (Phi) is 7.28. The lowest BCUT2D eigenvalue weighted by molar-refractivity contribution is -0.151. The summed E-state index contributed by atoms with van der Waals surface area (Å²) in [7, 11) is 0. The number of hydrogen-bond donors (Lipinski definition) is 3. The highest BCUT2D eigenvalue weighted by Gasteiger charge is 2.62. The number of rotatable bonds is 7. The first kappa shape index (κ1) is 28.9. The molecule has 5 amide bonds. The van der Waals surface area contributed by atoms with Crippen molar-refractivity contribution < 1.29 is 37.1 Å². The van der Waals surface area contributed by atoms with Crippen LogP contribution in [0, 0.1) is 35.0 Å². The average Bonchev–Trinajstić information content (AvgIpc) is 3.54. The number of halogens is 4. The highest BCUT2D eigenvalue weighted by atomic mass is 35.5. The van der Waals surface area contributed by atoms with E-state index in [4.69, 9.17) is 11.6 Å². The van der Waals surface area contributed by atoms with Gasteiger partial charge in [0.1, 0.15) is 18.0 Å². The minimum Gasteiger partial charge on any atom is -0.353 e. The van der Waals surface area contributed by atoms with E-state index in [0.717, 1.165) is 24.3 Å². The molecule has 0 aromatic carbocycles. The molecule has 0 radical (unpaired) electrons. The quantitative estimate of drug-likeness (QED) is 0.305. The number of alkyl halides is 4. The van der Waals surface area contributed by atoms with Crippen LogP contribution in [-0.4, -0.2) is 82.2 Å². The lowest BCUT2D eigenvalue weighted by atomic mass is 9.85. The average molecular weight is 590 g/mol. The van der Waals surface area contributed by atoms with Crippen LogP contribution < -0.4 is 16.1 Å². The van der Waals surface area contributed by atoms with Gasteiger partial charge in [-0.2, -0.15) is 0 Å². The molecule has 5 aliphatic rings. The van der Waals surface area contributed by atoms with Gasteiger partial charge in [0.25, 0.3) is 23.4 Å². The van der Waals surface area contributed by atoms with Crippen LogP contribution in [0.15, 0.2) is 0 Å². The van der Waals surface area contributed by atoms with Crippen molar-refractivity contribution in [1.82, 2.24) is 26.0 Å². The fourth-order valence-electron chi connectivity index (χ4n) is 6.66. The number of hydrazine groups is 1. The van der Waals surface area contributed by atoms with Gasteiger partial charge in [-0.25, -0.2) is 18.2 Å². The molecule has 10 nitrogen and oxygen atoms in total. The van der Waals surface area contributed by atoms with Crippen LogP contribution in [0.3, 0.4) is 0 Å². The van der Waals surface area contributed by atoms with Gasteiger partial charge in [0, 0.05) is 19.0 Å². The van der Waals surface area contributed by atoms with Crippen molar-refractivity contribution >= 4 is 41.1 Å². The second-order valence-electron chi connectivity index (χ2n) is 13.0. The van der Waals surface area contributed by atoms with Crippen molar-refractivity contribution in [3.05, 3.63) is 0 Å². The standard InChI is InChI=1S/C26H35ClF3N5O5/c1-25(2,3)18(32-21(37)15-8-26(15,29)30)23(39)34-9-11-5-4-6-12(11)17(34)22(38)33-35(24(40)19(27)28)10-14-13-7-16(13)31-20(14)36/h11-19H,4-10H2,1-3H3,(H,31,36)(H,32,37)(H,33,38)/t11-,12-,13-,14+,15-,16-,17-,18+,19-/m0/s1. The molecule has 0 spiro atoms. The number of nitrogens with zero attached hydrogens (tertiary/aromatic N) is 2. The van der Waals surface area contributed by atoms with E-state index >= 15 is 0 Å². The topological polar surface area (TPSA) is 128 Å². The number of fused-ring (bicyclic) bond motifs is 2. The van der Waals surface area contributed by atoms with Gasteiger partial charge in [-0.15, -0.1) is 0 Å². The molecule has 2 heterocycles. The maximum Gasteiger partial charge on any atom is 0.291 e. The van der Waals surface area contributed by atoms with Crippen molar-refractivity contribution in [3.63, 3.8) is 0 Å². The maximum atomic E-state index is 13.9. The van der Waals surface area contributed by atoms with Gasteiger partial charge in [-0.1, -0.05) is 38.8 Å². The molecule has 14 heteroatoms. The Labute approximate surface area is 235 Å². The Morgan fingerprint density at radius 3 is 2.40 bits per heavy atom. The second-order valence-corrected chi connectivity index (χ2v) is 13.3. The second kappa shape index (κ2) is 10.1. The Bertz CT molecular complexity index is 1120. The van der Waals surface area contributed by atoms with Crippen molar-refractivity contribution in [1.29, 1.82) is 0 Å². The fourth-order valence-corrected chi connectivity index (χ4v) is 6.77. The van der Waals surface area contributed by atoms with Gasteiger partial charge in [0.05, 0.1) is 12.5 Å². The van der Waals surface area contributed by atoms with Crippen molar-refractivity contribution in [2.45, 2.75) is 82.6 Å². The predicted molar refractivity (Wildman–Crippen MR) is 135 cm³/mol. The molecular formula is C26H35ClF3N5O5. The van der Waals surface area contributed by atoms with Gasteiger partial charge < -0.3 is 15.5 Å². The third kappa shape index (κ3) is 5.37. The number of likely N-dealkylation sites (tertiary alicyclic amines) is 1. The zero-order valence-electron chi connectivity index (χ0n) is 22.6. The summed E-state index contributed by atoms with van der Waals surface area (Å²) >= 11 is 5.43. The van der Waals surface area contributed by atoms with E-state index in [1.807, 2.05) is 0 Å². The Morgan fingerprint density at radius 2 is 1.85 bits per heavy atom. The molecule has 0 aromatic heterocycles. The maximum absolute atomic E-state index is 13.9.